The predicted molar refractivity (Wildman–Crippen MR) is 92.1 cm³/mol. The Balaban J connectivity index is 1.55. The van der Waals surface area contributed by atoms with Crippen molar-refractivity contribution in [2.45, 2.75) is 25.2 Å². The van der Waals surface area contributed by atoms with Gasteiger partial charge in [-0.3, -0.25) is 4.79 Å². The maximum atomic E-state index is 14.3. The van der Waals surface area contributed by atoms with Crippen LogP contribution in [0.3, 0.4) is 0 Å². The van der Waals surface area contributed by atoms with Gasteiger partial charge in [0.05, 0.1) is 5.92 Å². The van der Waals surface area contributed by atoms with Gasteiger partial charge in [0, 0.05) is 5.69 Å². The van der Waals surface area contributed by atoms with Crippen LogP contribution >= 0.6 is 0 Å². The lowest BCUT2D eigenvalue weighted by molar-refractivity contribution is -0.117. The van der Waals surface area contributed by atoms with Gasteiger partial charge in [0.25, 0.3) is 0 Å². The predicted octanol–water partition coefficient (Wildman–Crippen LogP) is 3.47. The van der Waals surface area contributed by atoms with Gasteiger partial charge in [-0.15, -0.1) is 0 Å². The minimum atomic E-state index is -0.465. The standard InChI is InChI=1S/C19H17FN4O/c20-17-10-14(8-9-18(17)24-12-21-11-22-24)23-19(25)16-7-3-5-13-4-1-2-6-15(13)16/h1-2,4,6,8-12,16H,3,5,7H2,(H,23,25)/t16-/m0/s1. The molecule has 0 unspecified atom stereocenters. The van der Waals surface area contributed by atoms with Gasteiger partial charge < -0.3 is 5.32 Å². The van der Waals surface area contributed by atoms with Crippen molar-refractivity contribution in [3.63, 3.8) is 0 Å². The van der Waals surface area contributed by atoms with E-state index in [1.807, 2.05) is 18.2 Å². The SMILES string of the molecule is O=C(Nc1ccc(-n2cncn2)c(F)c1)[C@H]1CCCc2ccccc21. The molecule has 0 radical (unpaired) electrons. The first kappa shape index (κ1) is 15.5. The number of nitrogens with one attached hydrogen (secondary N) is 1. The molecule has 4 rings (SSSR count). The van der Waals surface area contributed by atoms with Crippen LogP contribution in [0.5, 0.6) is 0 Å². The van der Waals surface area contributed by atoms with Gasteiger partial charge in [-0.25, -0.2) is 14.1 Å². The minimum absolute atomic E-state index is 0.0972. The van der Waals surface area contributed by atoms with E-state index in [0.717, 1.165) is 24.8 Å². The van der Waals surface area contributed by atoms with Crippen molar-refractivity contribution in [2.24, 2.45) is 0 Å². The van der Waals surface area contributed by atoms with Gasteiger partial charge in [-0.1, -0.05) is 24.3 Å². The first-order valence-electron chi connectivity index (χ1n) is 8.25. The number of anilines is 1. The van der Waals surface area contributed by atoms with E-state index in [0.29, 0.717) is 11.4 Å². The van der Waals surface area contributed by atoms with Crippen molar-refractivity contribution in [3.05, 3.63) is 72.1 Å². The maximum Gasteiger partial charge on any atom is 0.231 e. The molecule has 126 valence electrons. The lowest BCUT2D eigenvalue weighted by Crippen LogP contribution is -2.24. The van der Waals surface area contributed by atoms with Gasteiger partial charge in [-0.2, -0.15) is 5.10 Å². The van der Waals surface area contributed by atoms with Crippen LogP contribution in [0, 0.1) is 5.82 Å². The van der Waals surface area contributed by atoms with Crippen molar-refractivity contribution in [1.29, 1.82) is 0 Å². The number of aryl methyl sites for hydroxylation is 1. The van der Waals surface area contributed by atoms with Crippen LogP contribution in [0.25, 0.3) is 5.69 Å². The Kier molecular flexibility index (Phi) is 4.01. The summed E-state index contributed by atoms with van der Waals surface area (Å²) >= 11 is 0. The number of nitrogens with zero attached hydrogens (tertiary/aromatic N) is 3. The van der Waals surface area contributed by atoms with E-state index in [1.54, 1.807) is 12.1 Å². The molecule has 1 amide bonds. The van der Waals surface area contributed by atoms with Crippen molar-refractivity contribution < 1.29 is 9.18 Å². The third-order valence-electron chi connectivity index (χ3n) is 4.57. The molecular weight excluding hydrogens is 319 g/mol. The second-order valence-corrected chi connectivity index (χ2v) is 6.14. The fraction of sp³-hybridized carbons (Fsp3) is 0.211. The molecule has 1 atom stereocenters. The van der Waals surface area contributed by atoms with E-state index in [9.17, 15) is 9.18 Å². The molecule has 0 bridgehead atoms. The summed E-state index contributed by atoms with van der Waals surface area (Å²) in [4.78, 5) is 16.5. The van der Waals surface area contributed by atoms with E-state index in [4.69, 9.17) is 0 Å². The van der Waals surface area contributed by atoms with Gasteiger partial charge in [0.1, 0.15) is 18.3 Å². The number of halogens is 1. The fourth-order valence-electron chi connectivity index (χ4n) is 3.36. The molecule has 2 aromatic carbocycles. The van der Waals surface area contributed by atoms with Crippen LogP contribution < -0.4 is 5.32 Å². The number of hydrogen-bond acceptors (Lipinski definition) is 3. The quantitative estimate of drug-likeness (QED) is 0.797. The highest BCUT2D eigenvalue weighted by Gasteiger charge is 2.26. The highest BCUT2D eigenvalue weighted by Crippen LogP contribution is 2.32. The Morgan fingerprint density at radius 2 is 2.12 bits per heavy atom. The zero-order valence-corrected chi connectivity index (χ0v) is 13.5. The number of hydrogen-bond donors (Lipinski definition) is 1. The summed E-state index contributed by atoms with van der Waals surface area (Å²) in [5.74, 6) is -0.754. The molecule has 0 saturated carbocycles. The summed E-state index contributed by atoms with van der Waals surface area (Å²) in [6, 6.07) is 12.6. The molecule has 5 nitrogen and oxygen atoms in total. The third-order valence-corrected chi connectivity index (χ3v) is 4.57. The van der Waals surface area contributed by atoms with Crippen molar-refractivity contribution in [2.75, 3.05) is 5.32 Å². The number of amides is 1. The Morgan fingerprint density at radius 3 is 2.92 bits per heavy atom. The number of carbonyl (C=O) groups is 1. The van der Waals surface area contributed by atoms with E-state index < -0.39 is 5.82 Å². The number of aromatic nitrogens is 3. The summed E-state index contributed by atoms with van der Waals surface area (Å²) in [6.45, 7) is 0. The smallest absolute Gasteiger partial charge is 0.231 e. The highest BCUT2D eigenvalue weighted by atomic mass is 19.1. The first-order valence-corrected chi connectivity index (χ1v) is 8.25. The molecule has 1 aliphatic carbocycles. The number of carbonyl (C=O) groups excluding carboxylic acids is 1. The Bertz CT molecular complexity index is 908. The zero-order valence-electron chi connectivity index (χ0n) is 13.5. The van der Waals surface area contributed by atoms with Crippen LogP contribution in [0.1, 0.15) is 29.9 Å². The normalized spacial score (nSPS) is 16.3. The molecule has 1 aliphatic rings. The molecular formula is C19H17FN4O. The maximum absolute atomic E-state index is 14.3. The Labute approximate surface area is 144 Å². The lowest BCUT2D eigenvalue weighted by Gasteiger charge is -2.24. The Morgan fingerprint density at radius 1 is 1.24 bits per heavy atom. The molecule has 1 N–H and O–H groups in total. The summed E-state index contributed by atoms with van der Waals surface area (Å²) < 4.78 is 15.7. The molecule has 6 heteroatoms. The van der Waals surface area contributed by atoms with Gasteiger partial charge >= 0.3 is 0 Å². The summed E-state index contributed by atoms with van der Waals surface area (Å²) in [6.07, 6.45) is 5.56. The van der Waals surface area contributed by atoms with Gasteiger partial charge in [0.2, 0.25) is 5.91 Å². The molecule has 25 heavy (non-hydrogen) atoms. The van der Waals surface area contributed by atoms with Crippen LogP contribution in [0.2, 0.25) is 0 Å². The van der Waals surface area contributed by atoms with Crippen molar-refractivity contribution in [1.82, 2.24) is 14.8 Å². The summed E-state index contributed by atoms with van der Waals surface area (Å²) in [5.41, 5.74) is 3.03. The average molecular weight is 336 g/mol. The van der Waals surface area contributed by atoms with E-state index >= 15 is 0 Å². The third kappa shape index (κ3) is 3.03. The van der Waals surface area contributed by atoms with Gasteiger partial charge in [-0.05, 0) is 48.6 Å². The van der Waals surface area contributed by atoms with E-state index in [-0.39, 0.29) is 11.8 Å². The van der Waals surface area contributed by atoms with Crippen LogP contribution in [0.15, 0.2) is 55.1 Å². The van der Waals surface area contributed by atoms with Crippen LogP contribution in [-0.2, 0) is 11.2 Å². The second-order valence-electron chi connectivity index (χ2n) is 6.14. The Hall–Kier alpha value is -3.02. The van der Waals surface area contributed by atoms with E-state index in [2.05, 4.69) is 21.5 Å². The minimum Gasteiger partial charge on any atom is -0.325 e. The second kappa shape index (κ2) is 6.47. The summed E-state index contributed by atoms with van der Waals surface area (Å²) in [7, 11) is 0. The molecule has 0 aliphatic heterocycles. The zero-order chi connectivity index (χ0) is 17.2. The van der Waals surface area contributed by atoms with Crippen LogP contribution in [-0.4, -0.2) is 20.7 Å². The highest BCUT2D eigenvalue weighted by molar-refractivity contribution is 5.96. The number of fused-ring (bicyclic) bond motifs is 1. The van der Waals surface area contributed by atoms with Crippen molar-refractivity contribution >= 4 is 11.6 Å². The summed E-state index contributed by atoms with van der Waals surface area (Å²) in [5, 5.41) is 6.76. The molecule has 1 heterocycles. The molecule has 1 aromatic heterocycles. The average Bonchev–Trinajstić information content (AvgIpc) is 3.15. The lowest BCUT2D eigenvalue weighted by atomic mass is 9.82. The topological polar surface area (TPSA) is 59.8 Å². The molecule has 0 spiro atoms. The monoisotopic (exact) mass is 336 g/mol. The van der Waals surface area contributed by atoms with Crippen molar-refractivity contribution in [3.8, 4) is 5.69 Å². The molecule has 0 saturated heterocycles. The number of benzene rings is 2. The van der Waals surface area contributed by atoms with Gasteiger partial charge in [0.15, 0.2) is 5.82 Å². The largest absolute Gasteiger partial charge is 0.325 e. The number of rotatable bonds is 3. The molecule has 0 fully saturated rings. The fourth-order valence-corrected chi connectivity index (χ4v) is 3.36. The van der Waals surface area contributed by atoms with E-state index in [1.165, 1.54) is 29.0 Å². The van der Waals surface area contributed by atoms with Crippen LogP contribution in [0.4, 0.5) is 10.1 Å². The molecule has 3 aromatic rings. The first-order chi connectivity index (χ1) is 12.2.